The van der Waals surface area contributed by atoms with Crippen molar-refractivity contribution in [2.24, 2.45) is 7.05 Å². The summed E-state index contributed by atoms with van der Waals surface area (Å²) in [4.78, 5) is 14.6. The molecular formula is C18H25N3O. The van der Waals surface area contributed by atoms with E-state index in [0.29, 0.717) is 0 Å². The summed E-state index contributed by atoms with van der Waals surface area (Å²) in [6, 6.07) is 7.99. The number of hydrogen-bond acceptors (Lipinski definition) is 3. The van der Waals surface area contributed by atoms with Crippen molar-refractivity contribution in [3.05, 3.63) is 40.8 Å². The lowest BCUT2D eigenvalue weighted by atomic mass is 10.1. The number of hydrogen-bond donors (Lipinski definition) is 1. The highest BCUT2D eigenvalue weighted by atomic mass is 16.1. The first-order chi connectivity index (χ1) is 10.7. The topological polar surface area (TPSA) is 37.3 Å². The smallest absolute Gasteiger partial charge is 0.258 e. The predicted molar refractivity (Wildman–Crippen MR) is 92.6 cm³/mol. The van der Waals surface area contributed by atoms with Gasteiger partial charge in [-0.2, -0.15) is 0 Å². The second-order valence-corrected chi connectivity index (χ2v) is 6.22. The lowest BCUT2D eigenvalue weighted by Gasteiger charge is -2.26. The van der Waals surface area contributed by atoms with Crippen LogP contribution in [0.15, 0.2) is 35.3 Å². The Morgan fingerprint density at radius 2 is 1.95 bits per heavy atom. The Labute approximate surface area is 131 Å². The zero-order valence-electron chi connectivity index (χ0n) is 13.3. The summed E-state index contributed by atoms with van der Waals surface area (Å²) in [5, 5.41) is 5.26. The number of pyridine rings is 1. The summed E-state index contributed by atoms with van der Waals surface area (Å²) in [5.74, 6) is 0. The zero-order valence-corrected chi connectivity index (χ0v) is 13.3. The number of anilines is 1. The van der Waals surface area contributed by atoms with Crippen LogP contribution in [0.25, 0.3) is 10.8 Å². The number of benzene rings is 1. The van der Waals surface area contributed by atoms with Gasteiger partial charge in [0, 0.05) is 30.9 Å². The molecule has 22 heavy (non-hydrogen) atoms. The number of likely N-dealkylation sites (tertiary alicyclic amines) is 1. The summed E-state index contributed by atoms with van der Waals surface area (Å²) < 4.78 is 1.62. The molecule has 0 aliphatic carbocycles. The number of aromatic nitrogens is 1. The number of aryl methyl sites for hydroxylation is 1. The van der Waals surface area contributed by atoms with E-state index in [-0.39, 0.29) is 5.56 Å². The van der Waals surface area contributed by atoms with E-state index in [2.05, 4.69) is 16.3 Å². The maximum atomic E-state index is 12.0. The lowest BCUT2D eigenvalue weighted by molar-refractivity contribution is 0.228. The van der Waals surface area contributed by atoms with Gasteiger partial charge in [0.15, 0.2) is 0 Å². The molecule has 0 spiro atoms. The van der Waals surface area contributed by atoms with Crippen LogP contribution < -0.4 is 10.9 Å². The average Bonchev–Trinajstić information content (AvgIpc) is 2.56. The molecule has 0 amide bonds. The number of rotatable bonds is 5. The Kier molecular flexibility index (Phi) is 4.78. The molecule has 2 heterocycles. The minimum Gasteiger partial charge on any atom is -0.385 e. The number of fused-ring (bicyclic) bond motifs is 1. The summed E-state index contributed by atoms with van der Waals surface area (Å²) in [6.45, 7) is 4.69. The molecule has 1 fully saturated rings. The lowest BCUT2D eigenvalue weighted by Crippen LogP contribution is -2.31. The van der Waals surface area contributed by atoms with E-state index < -0.39 is 0 Å². The van der Waals surface area contributed by atoms with Crippen LogP contribution in [0.4, 0.5) is 5.69 Å². The first-order valence-corrected chi connectivity index (χ1v) is 8.30. The monoisotopic (exact) mass is 299 g/mol. The van der Waals surface area contributed by atoms with Gasteiger partial charge in [-0.05, 0) is 68.5 Å². The van der Waals surface area contributed by atoms with Crippen molar-refractivity contribution in [2.75, 3.05) is 31.5 Å². The molecule has 118 valence electrons. The Hall–Kier alpha value is -1.81. The van der Waals surface area contributed by atoms with Gasteiger partial charge in [-0.3, -0.25) is 4.79 Å². The SMILES string of the molecule is Cn1ccc2cc(NCCCN3CCCCC3)ccc2c1=O. The van der Waals surface area contributed by atoms with Crippen LogP contribution >= 0.6 is 0 Å². The van der Waals surface area contributed by atoms with E-state index in [9.17, 15) is 4.79 Å². The summed E-state index contributed by atoms with van der Waals surface area (Å²) in [6.07, 6.45) is 7.09. The summed E-state index contributed by atoms with van der Waals surface area (Å²) in [5.41, 5.74) is 1.16. The van der Waals surface area contributed by atoms with E-state index in [1.54, 1.807) is 11.6 Å². The first kappa shape index (κ1) is 15.1. The molecule has 1 aromatic heterocycles. The second kappa shape index (κ2) is 6.97. The Balaban J connectivity index is 1.55. The molecule has 1 N–H and O–H groups in total. The number of nitrogens with one attached hydrogen (secondary N) is 1. The van der Waals surface area contributed by atoms with Crippen LogP contribution in [0, 0.1) is 0 Å². The van der Waals surface area contributed by atoms with Crippen LogP contribution in [0.3, 0.4) is 0 Å². The van der Waals surface area contributed by atoms with Gasteiger partial charge in [-0.25, -0.2) is 0 Å². The Bertz CT molecular complexity index is 686. The van der Waals surface area contributed by atoms with Gasteiger partial charge >= 0.3 is 0 Å². The molecule has 1 aliphatic heterocycles. The van der Waals surface area contributed by atoms with Crippen LogP contribution in [0.2, 0.25) is 0 Å². The van der Waals surface area contributed by atoms with Crippen molar-refractivity contribution < 1.29 is 0 Å². The van der Waals surface area contributed by atoms with Crippen molar-refractivity contribution >= 4 is 16.5 Å². The molecule has 1 saturated heterocycles. The molecule has 1 aromatic carbocycles. The molecule has 0 saturated carbocycles. The molecule has 0 radical (unpaired) electrons. The Morgan fingerprint density at radius 1 is 1.14 bits per heavy atom. The minimum absolute atomic E-state index is 0.0640. The minimum atomic E-state index is 0.0640. The van der Waals surface area contributed by atoms with Crippen LogP contribution in [-0.2, 0) is 7.05 Å². The van der Waals surface area contributed by atoms with Crippen LogP contribution in [0.1, 0.15) is 25.7 Å². The summed E-state index contributed by atoms with van der Waals surface area (Å²) in [7, 11) is 1.79. The maximum Gasteiger partial charge on any atom is 0.258 e. The molecular weight excluding hydrogens is 274 g/mol. The van der Waals surface area contributed by atoms with Crippen LogP contribution in [-0.4, -0.2) is 35.6 Å². The van der Waals surface area contributed by atoms with Gasteiger partial charge in [0.2, 0.25) is 0 Å². The predicted octanol–water partition coefficient (Wildman–Crippen LogP) is 2.83. The molecule has 0 bridgehead atoms. The normalized spacial score (nSPS) is 16.0. The third-order valence-electron chi connectivity index (χ3n) is 4.51. The number of piperidine rings is 1. The van der Waals surface area contributed by atoms with E-state index in [1.165, 1.54) is 38.9 Å². The Morgan fingerprint density at radius 3 is 2.77 bits per heavy atom. The van der Waals surface area contributed by atoms with E-state index in [4.69, 9.17) is 0 Å². The highest BCUT2D eigenvalue weighted by Crippen LogP contribution is 2.16. The van der Waals surface area contributed by atoms with Crippen molar-refractivity contribution in [3.8, 4) is 0 Å². The fraction of sp³-hybridized carbons (Fsp3) is 0.500. The second-order valence-electron chi connectivity index (χ2n) is 6.22. The van der Waals surface area contributed by atoms with Gasteiger partial charge in [-0.1, -0.05) is 6.42 Å². The first-order valence-electron chi connectivity index (χ1n) is 8.30. The van der Waals surface area contributed by atoms with Gasteiger partial charge in [0.05, 0.1) is 0 Å². The highest BCUT2D eigenvalue weighted by Gasteiger charge is 2.08. The van der Waals surface area contributed by atoms with Gasteiger partial charge < -0.3 is 14.8 Å². The third kappa shape index (κ3) is 3.50. The third-order valence-corrected chi connectivity index (χ3v) is 4.51. The van der Waals surface area contributed by atoms with Gasteiger partial charge in [0.25, 0.3) is 5.56 Å². The van der Waals surface area contributed by atoms with Crippen molar-refractivity contribution in [3.63, 3.8) is 0 Å². The van der Waals surface area contributed by atoms with E-state index in [0.717, 1.165) is 29.4 Å². The molecule has 4 heteroatoms. The molecule has 0 unspecified atom stereocenters. The quantitative estimate of drug-likeness (QED) is 0.863. The summed E-state index contributed by atoms with van der Waals surface area (Å²) >= 11 is 0. The molecule has 4 nitrogen and oxygen atoms in total. The number of nitrogens with zero attached hydrogens (tertiary/aromatic N) is 2. The molecule has 2 aromatic rings. The van der Waals surface area contributed by atoms with Crippen molar-refractivity contribution in [1.29, 1.82) is 0 Å². The maximum absolute atomic E-state index is 12.0. The molecule has 1 aliphatic rings. The fourth-order valence-corrected chi connectivity index (χ4v) is 3.17. The standard InChI is InChI=1S/C18H25N3O/c1-20-13-8-15-14-16(6-7-17(15)18(20)22)19-9-5-12-21-10-3-2-4-11-21/h6-8,13-14,19H,2-5,9-12H2,1H3. The van der Waals surface area contributed by atoms with Crippen LogP contribution in [0.5, 0.6) is 0 Å². The average molecular weight is 299 g/mol. The van der Waals surface area contributed by atoms with Gasteiger partial charge in [-0.15, -0.1) is 0 Å². The van der Waals surface area contributed by atoms with Crippen molar-refractivity contribution in [1.82, 2.24) is 9.47 Å². The largest absolute Gasteiger partial charge is 0.385 e. The van der Waals surface area contributed by atoms with E-state index >= 15 is 0 Å². The van der Waals surface area contributed by atoms with Crippen molar-refractivity contribution in [2.45, 2.75) is 25.7 Å². The molecule has 0 atom stereocenters. The zero-order chi connectivity index (χ0) is 15.4. The van der Waals surface area contributed by atoms with Gasteiger partial charge in [0.1, 0.15) is 0 Å². The fourth-order valence-electron chi connectivity index (χ4n) is 3.17. The van der Waals surface area contributed by atoms with E-state index in [1.807, 2.05) is 24.4 Å². The molecule has 3 rings (SSSR count). The highest BCUT2D eigenvalue weighted by molar-refractivity contribution is 5.84.